The lowest BCUT2D eigenvalue weighted by atomic mass is 9.49. The third-order valence-electron chi connectivity index (χ3n) is 12.4. The van der Waals surface area contributed by atoms with Crippen LogP contribution in [0.2, 0.25) is 0 Å². The molecular formula is C36H51NO8S. The zero-order valence-corrected chi connectivity index (χ0v) is 28.7. The molecule has 3 N–H and O–H groups in total. The Hall–Kier alpha value is -2.69. The quantitative estimate of drug-likeness (QED) is 0.129. The van der Waals surface area contributed by atoms with Crippen molar-refractivity contribution in [2.75, 3.05) is 7.11 Å². The molecule has 0 aliphatic heterocycles. The van der Waals surface area contributed by atoms with E-state index in [1.54, 1.807) is 49.4 Å². The number of allylic oxidation sites excluding steroid dienone is 3. The number of hydrogen-bond donors (Lipinski definition) is 3. The van der Waals surface area contributed by atoms with E-state index in [4.69, 9.17) is 8.92 Å². The number of carboxylic acid groups (broad SMARTS) is 1. The van der Waals surface area contributed by atoms with Crippen molar-refractivity contribution < 1.29 is 36.6 Å². The number of methoxy groups -OCH3 is 1. The van der Waals surface area contributed by atoms with Gasteiger partial charge in [-0.15, -0.1) is 0 Å². The fraction of sp³-hybridized carbons (Fsp3) is 0.667. The summed E-state index contributed by atoms with van der Waals surface area (Å²) in [6, 6.07) is 5.52. The Balaban J connectivity index is 1.20. The molecule has 0 radical (unpaired) electrons. The normalized spacial score (nSPS) is 32.5. The van der Waals surface area contributed by atoms with Crippen LogP contribution < -0.4 is 10.1 Å². The van der Waals surface area contributed by atoms with Crippen molar-refractivity contribution >= 4 is 22.3 Å². The molecule has 0 heterocycles. The number of rotatable bonds is 11. The highest BCUT2D eigenvalue weighted by molar-refractivity contribution is 7.80. The highest BCUT2D eigenvalue weighted by Gasteiger charge is 2.56. The van der Waals surface area contributed by atoms with E-state index in [0.717, 1.165) is 51.4 Å². The van der Waals surface area contributed by atoms with E-state index in [-0.39, 0.29) is 16.7 Å². The van der Waals surface area contributed by atoms with Crippen LogP contribution >= 0.6 is 0 Å². The standard InChI is InChI=1S/C36H51NO8S/c1-22(7-6-8-23(2)33(38)37-32(34(39)40)24-9-12-26(44-5)13-10-24)29-15-16-30-28-14-11-25-21-27(45-46(41,42)43)17-19-35(25,3)31(28)18-20-36(29,30)4/h8-10,12-13,22,25,27,29,31-32H,6-7,11,14-21H2,1-5H3,(H,37,38)(H,39,40)(H,41,42,43)/b23-8+/t22?,25?,27-,29+,31?,32?,35-,36+/m0/s1. The monoisotopic (exact) mass is 657 g/mol. The van der Waals surface area contributed by atoms with Gasteiger partial charge in [0.1, 0.15) is 5.75 Å². The van der Waals surface area contributed by atoms with E-state index in [2.05, 4.69) is 26.1 Å². The Labute approximate surface area is 274 Å². The molecule has 10 heteroatoms. The zero-order chi connectivity index (χ0) is 33.4. The predicted octanol–water partition coefficient (Wildman–Crippen LogP) is 7.21. The van der Waals surface area contributed by atoms with Gasteiger partial charge >= 0.3 is 16.4 Å². The van der Waals surface area contributed by atoms with Gasteiger partial charge in [0, 0.05) is 5.57 Å². The van der Waals surface area contributed by atoms with Gasteiger partial charge < -0.3 is 15.2 Å². The molecule has 1 aromatic rings. The second-order valence-electron chi connectivity index (χ2n) is 14.8. The van der Waals surface area contributed by atoms with Gasteiger partial charge in [-0.2, -0.15) is 8.42 Å². The van der Waals surface area contributed by atoms with Gasteiger partial charge in [0.05, 0.1) is 13.2 Å². The first-order chi connectivity index (χ1) is 21.7. The molecule has 4 aliphatic carbocycles. The summed E-state index contributed by atoms with van der Waals surface area (Å²) in [5.74, 6) is 1.12. The highest BCUT2D eigenvalue weighted by Crippen LogP contribution is 2.66. The summed E-state index contributed by atoms with van der Waals surface area (Å²) in [5, 5.41) is 12.4. The van der Waals surface area contributed by atoms with Crippen LogP contribution in [0, 0.1) is 34.5 Å². The van der Waals surface area contributed by atoms with Crippen molar-refractivity contribution in [2.24, 2.45) is 34.5 Å². The molecule has 3 saturated carbocycles. The topological polar surface area (TPSA) is 139 Å². The maximum absolute atomic E-state index is 12.9. The van der Waals surface area contributed by atoms with E-state index in [1.807, 2.05) is 6.08 Å². The molecule has 3 fully saturated rings. The number of nitrogens with one attached hydrogen (secondary N) is 1. The van der Waals surface area contributed by atoms with Crippen LogP contribution in [-0.2, 0) is 24.2 Å². The summed E-state index contributed by atoms with van der Waals surface area (Å²) in [6.07, 6.45) is 12.3. The molecule has 254 valence electrons. The number of ether oxygens (including phenoxy) is 1. The van der Waals surface area contributed by atoms with E-state index in [9.17, 15) is 27.7 Å². The lowest BCUT2D eigenvalue weighted by Crippen LogP contribution is -2.48. The highest BCUT2D eigenvalue weighted by atomic mass is 32.3. The van der Waals surface area contributed by atoms with Crippen LogP contribution in [0.15, 0.2) is 47.1 Å². The average molecular weight is 658 g/mol. The minimum Gasteiger partial charge on any atom is -0.497 e. The number of aliphatic carboxylic acids is 1. The molecule has 0 aromatic heterocycles. The Kier molecular flexibility index (Phi) is 10.1. The van der Waals surface area contributed by atoms with Crippen LogP contribution in [0.25, 0.3) is 0 Å². The lowest BCUT2D eigenvalue weighted by Gasteiger charge is -2.57. The van der Waals surface area contributed by atoms with Crippen molar-refractivity contribution in [1.29, 1.82) is 0 Å². The Morgan fingerprint density at radius 3 is 2.46 bits per heavy atom. The fourth-order valence-corrected chi connectivity index (χ4v) is 10.4. The zero-order valence-electron chi connectivity index (χ0n) is 27.9. The molecule has 4 unspecified atom stereocenters. The molecule has 1 amide bonds. The van der Waals surface area contributed by atoms with Gasteiger partial charge in [0.15, 0.2) is 6.04 Å². The van der Waals surface area contributed by atoms with Crippen LogP contribution in [-0.4, -0.2) is 43.2 Å². The summed E-state index contributed by atoms with van der Waals surface area (Å²) in [6.45, 7) is 8.97. The van der Waals surface area contributed by atoms with Gasteiger partial charge in [-0.25, -0.2) is 8.98 Å². The lowest BCUT2D eigenvalue weighted by molar-refractivity contribution is -0.141. The fourth-order valence-electron chi connectivity index (χ4n) is 9.85. The molecule has 0 bridgehead atoms. The van der Waals surface area contributed by atoms with Crippen LogP contribution in [0.5, 0.6) is 5.75 Å². The summed E-state index contributed by atoms with van der Waals surface area (Å²) in [4.78, 5) is 24.9. The molecule has 8 atom stereocenters. The summed E-state index contributed by atoms with van der Waals surface area (Å²) in [7, 11) is -2.89. The molecule has 0 saturated heterocycles. The molecule has 46 heavy (non-hydrogen) atoms. The second kappa shape index (κ2) is 13.4. The number of carbonyl (C=O) groups excluding carboxylic acids is 1. The van der Waals surface area contributed by atoms with Crippen molar-refractivity contribution in [3.63, 3.8) is 0 Å². The van der Waals surface area contributed by atoms with Crippen LogP contribution in [0.1, 0.15) is 110 Å². The molecular weight excluding hydrogens is 606 g/mol. The number of fused-ring (bicyclic) bond motifs is 4. The van der Waals surface area contributed by atoms with Gasteiger partial charge in [-0.05, 0) is 130 Å². The molecule has 5 rings (SSSR count). The number of benzene rings is 1. The first-order valence-electron chi connectivity index (χ1n) is 16.9. The Morgan fingerprint density at radius 2 is 1.80 bits per heavy atom. The van der Waals surface area contributed by atoms with E-state index >= 15 is 0 Å². The third kappa shape index (κ3) is 6.95. The van der Waals surface area contributed by atoms with Crippen molar-refractivity contribution in [2.45, 2.75) is 110 Å². The molecule has 0 spiro atoms. The maximum Gasteiger partial charge on any atom is 0.397 e. The van der Waals surface area contributed by atoms with E-state index in [0.29, 0.717) is 53.4 Å². The van der Waals surface area contributed by atoms with Crippen LogP contribution in [0.3, 0.4) is 0 Å². The van der Waals surface area contributed by atoms with Crippen molar-refractivity contribution in [1.82, 2.24) is 5.32 Å². The Bertz CT molecular complexity index is 1480. The van der Waals surface area contributed by atoms with Gasteiger partial charge in [-0.1, -0.05) is 50.1 Å². The van der Waals surface area contributed by atoms with Crippen molar-refractivity contribution in [3.8, 4) is 5.75 Å². The molecule has 9 nitrogen and oxygen atoms in total. The first-order valence-corrected chi connectivity index (χ1v) is 18.2. The SMILES string of the molecule is COc1ccc(C(NC(=O)/C(C)=C/CCC(C)[C@H]2CCC3=C4CCC5C[C@@H](OS(=O)(=O)O)CC[C@]5(C)C4CC[C@@]32C)C(=O)O)cc1. The third-order valence-corrected chi connectivity index (χ3v) is 12.9. The minimum atomic E-state index is -4.43. The molecule has 4 aliphatic rings. The number of amides is 1. The van der Waals surface area contributed by atoms with Crippen LogP contribution in [0.4, 0.5) is 0 Å². The van der Waals surface area contributed by atoms with Gasteiger partial charge in [-0.3, -0.25) is 9.35 Å². The summed E-state index contributed by atoms with van der Waals surface area (Å²) in [5.41, 5.74) is 4.69. The number of carbonyl (C=O) groups is 2. The number of carboxylic acids is 1. The predicted molar refractivity (Wildman–Crippen MR) is 175 cm³/mol. The average Bonchev–Trinajstić information content (AvgIpc) is 3.36. The largest absolute Gasteiger partial charge is 0.497 e. The minimum absolute atomic E-state index is 0.139. The first kappa shape index (κ1) is 34.6. The maximum atomic E-state index is 12.9. The van der Waals surface area contributed by atoms with E-state index < -0.39 is 28.5 Å². The summed E-state index contributed by atoms with van der Waals surface area (Å²) < 4.78 is 42.1. The molecule has 1 aromatic carbocycles. The Morgan fingerprint density at radius 1 is 1.09 bits per heavy atom. The van der Waals surface area contributed by atoms with Crippen molar-refractivity contribution in [3.05, 3.63) is 52.6 Å². The number of hydrogen-bond acceptors (Lipinski definition) is 6. The van der Waals surface area contributed by atoms with E-state index in [1.165, 1.54) is 6.42 Å². The van der Waals surface area contributed by atoms with Gasteiger partial charge in [0.2, 0.25) is 5.91 Å². The van der Waals surface area contributed by atoms with Gasteiger partial charge in [0.25, 0.3) is 0 Å². The smallest absolute Gasteiger partial charge is 0.397 e. The second-order valence-corrected chi connectivity index (χ2v) is 15.8. The summed E-state index contributed by atoms with van der Waals surface area (Å²) >= 11 is 0.